The van der Waals surface area contributed by atoms with Crippen molar-refractivity contribution in [3.8, 4) is 11.4 Å². The Balaban J connectivity index is 1.53. The summed E-state index contributed by atoms with van der Waals surface area (Å²) in [6.45, 7) is 5.29. The predicted octanol–water partition coefficient (Wildman–Crippen LogP) is 7.89. The van der Waals surface area contributed by atoms with Crippen molar-refractivity contribution in [3.63, 3.8) is 0 Å². The van der Waals surface area contributed by atoms with Crippen LogP contribution >= 0.6 is 0 Å². The molecule has 30 heavy (non-hydrogen) atoms. The summed E-state index contributed by atoms with van der Waals surface area (Å²) in [5.74, 6) is 0.938. The zero-order valence-electron chi connectivity index (χ0n) is 18.9. The average molecular weight is 407 g/mol. The lowest BCUT2D eigenvalue weighted by Crippen LogP contribution is -1.96. The largest absolute Gasteiger partial charge is 0.494 e. The maximum absolute atomic E-state index is 5.92. The standard InChI is InChI=1S/C27H38N2O/c1-3-5-7-9-10-11-13-23-14-16-25(17-15-23)29-22-24-21-26(18-19-27(24)28-29)30-20-12-8-6-4-2/h14-19,21-22H,3-13,20H2,1-2H3. The van der Waals surface area contributed by atoms with Crippen LogP contribution in [0.5, 0.6) is 5.75 Å². The van der Waals surface area contributed by atoms with Crippen LogP contribution in [0.4, 0.5) is 0 Å². The zero-order valence-corrected chi connectivity index (χ0v) is 18.9. The molecule has 0 amide bonds. The minimum absolute atomic E-state index is 0.791. The van der Waals surface area contributed by atoms with Gasteiger partial charge < -0.3 is 4.74 Å². The highest BCUT2D eigenvalue weighted by molar-refractivity contribution is 5.80. The summed E-state index contributed by atoms with van der Waals surface area (Å²) in [6, 6.07) is 15.1. The highest BCUT2D eigenvalue weighted by atomic mass is 16.5. The van der Waals surface area contributed by atoms with Gasteiger partial charge in [0.1, 0.15) is 5.75 Å². The van der Waals surface area contributed by atoms with Crippen LogP contribution in [0.1, 0.15) is 83.6 Å². The molecule has 3 heteroatoms. The van der Waals surface area contributed by atoms with E-state index in [0.717, 1.165) is 35.4 Å². The van der Waals surface area contributed by atoms with Crippen LogP contribution in [0.25, 0.3) is 16.6 Å². The molecule has 0 aliphatic heterocycles. The molecular weight excluding hydrogens is 368 g/mol. The summed E-state index contributed by atoms with van der Waals surface area (Å²) in [5, 5.41) is 5.86. The molecule has 0 saturated heterocycles. The third-order valence-corrected chi connectivity index (χ3v) is 5.76. The average Bonchev–Trinajstić information content (AvgIpc) is 3.20. The monoisotopic (exact) mass is 406 g/mol. The molecule has 3 rings (SSSR count). The molecule has 0 unspecified atom stereocenters. The Labute approximate surface area is 182 Å². The minimum atomic E-state index is 0.791. The summed E-state index contributed by atoms with van der Waals surface area (Å²) >= 11 is 0. The van der Waals surface area contributed by atoms with Gasteiger partial charge in [0.25, 0.3) is 0 Å². The topological polar surface area (TPSA) is 27.1 Å². The lowest BCUT2D eigenvalue weighted by atomic mass is 10.0. The highest BCUT2D eigenvalue weighted by Crippen LogP contribution is 2.22. The third-order valence-electron chi connectivity index (χ3n) is 5.76. The van der Waals surface area contributed by atoms with Crippen molar-refractivity contribution in [3.05, 3.63) is 54.2 Å². The van der Waals surface area contributed by atoms with Crippen LogP contribution in [0, 0.1) is 0 Å². The fourth-order valence-electron chi connectivity index (χ4n) is 3.87. The molecule has 0 aliphatic rings. The van der Waals surface area contributed by atoms with E-state index >= 15 is 0 Å². The smallest absolute Gasteiger partial charge is 0.120 e. The molecule has 0 fully saturated rings. The molecule has 3 aromatic rings. The van der Waals surface area contributed by atoms with Crippen molar-refractivity contribution < 1.29 is 4.74 Å². The molecule has 0 N–H and O–H groups in total. The maximum atomic E-state index is 5.92. The number of hydrogen-bond acceptors (Lipinski definition) is 2. The Morgan fingerprint density at radius 3 is 2.23 bits per heavy atom. The lowest BCUT2D eigenvalue weighted by Gasteiger charge is -2.05. The van der Waals surface area contributed by atoms with Crippen LogP contribution in [-0.2, 0) is 6.42 Å². The van der Waals surface area contributed by atoms with Crippen molar-refractivity contribution >= 4 is 10.9 Å². The van der Waals surface area contributed by atoms with Crippen molar-refractivity contribution in [2.75, 3.05) is 6.61 Å². The first-order chi connectivity index (χ1) is 14.8. The van der Waals surface area contributed by atoms with Gasteiger partial charge in [-0.05, 0) is 55.2 Å². The van der Waals surface area contributed by atoms with E-state index in [4.69, 9.17) is 9.84 Å². The molecular formula is C27H38N2O. The molecule has 3 nitrogen and oxygen atoms in total. The highest BCUT2D eigenvalue weighted by Gasteiger charge is 2.05. The second-order valence-electron chi connectivity index (χ2n) is 8.39. The molecule has 1 aromatic heterocycles. The first-order valence-electron chi connectivity index (χ1n) is 12.0. The minimum Gasteiger partial charge on any atom is -0.494 e. The number of ether oxygens (including phenoxy) is 1. The van der Waals surface area contributed by atoms with Gasteiger partial charge in [0.2, 0.25) is 0 Å². The predicted molar refractivity (Wildman–Crippen MR) is 128 cm³/mol. The number of aromatic nitrogens is 2. The van der Waals surface area contributed by atoms with Crippen molar-refractivity contribution in [2.24, 2.45) is 0 Å². The van der Waals surface area contributed by atoms with Crippen molar-refractivity contribution in [1.82, 2.24) is 9.78 Å². The number of aryl methyl sites for hydroxylation is 1. The van der Waals surface area contributed by atoms with E-state index < -0.39 is 0 Å². The summed E-state index contributed by atoms with van der Waals surface area (Å²) in [4.78, 5) is 0. The number of unbranched alkanes of at least 4 members (excludes halogenated alkanes) is 8. The Hall–Kier alpha value is -2.29. The number of nitrogens with zero attached hydrogens (tertiary/aromatic N) is 2. The van der Waals surface area contributed by atoms with Crippen molar-refractivity contribution in [1.29, 1.82) is 0 Å². The summed E-state index contributed by atoms with van der Waals surface area (Å²) in [6.07, 6.45) is 16.3. The number of fused-ring (bicyclic) bond motifs is 1. The number of hydrogen-bond donors (Lipinski definition) is 0. The maximum Gasteiger partial charge on any atom is 0.120 e. The Kier molecular flexibility index (Phi) is 9.27. The first-order valence-corrected chi connectivity index (χ1v) is 12.0. The van der Waals surface area contributed by atoms with Crippen LogP contribution in [0.15, 0.2) is 48.7 Å². The fraction of sp³-hybridized carbons (Fsp3) is 0.519. The quantitative estimate of drug-likeness (QED) is 0.254. The lowest BCUT2D eigenvalue weighted by molar-refractivity contribution is 0.305. The molecule has 0 bridgehead atoms. The van der Waals surface area contributed by atoms with Crippen LogP contribution in [-0.4, -0.2) is 16.4 Å². The number of benzene rings is 2. The summed E-state index contributed by atoms with van der Waals surface area (Å²) in [5.41, 5.74) is 3.54. The normalized spacial score (nSPS) is 11.3. The van der Waals surface area contributed by atoms with Gasteiger partial charge in [0.15, 0.2) is 0 Å². The second-order valence-corrected chi connectivity index (χ2v) is 8.39. The molecule has 0 spiro atoms. The van der Waals surface area contributed by atoms with E-state index in [-0.39, 0.29) is 0 Å². The van der Waals surface area contributed by atoms with Gasteiger partial charge in [-0.2, -0.15) is 5.10 Å². The van der Waals surface area contributed by atoms with Crippen molar-refractivity contribution in [2.45, 2.75) is 84.5 Å². The van der Waals surface area contributed by atoms with E-state index in [1.165, 1.54) is 69.8 Å². The van der Waals surface area contributed by atoms with Crippen LogP contribution in [0.2, 0.25) is 0 Å². The van der Waals surface area contributed by atoms with E-state index in [1.807, 2.05) is 10.7 Å². The fourth-order valence-corrected chi connectivity index (χ4v) is 3.87. The van der Waals surface area contributed by atoms with Gasteiger partial charge in [-0.15, -0.1) is 0 Å². The Morgan fingerprint density at radius 2 is 1.47 bits per heavy atom. The molecule has 0 atom stereocenters. The van der Waals surface area contributed by atoms with E-state index in [2.05, 4.69) is 56.4 Å². The first kappa shape index (κ1) is 22.4. The van der Waals surface area contributed by atoms with E-state index in [0.29, 0.717) is 0 Å². The molecule has 1 heterocycles. The zero-order chi connectivity index (χ0) is 21.0. The van der Waals surface area contributed by atoms with Gasteiger partial charge >= 0.3 is 0 Å². The molecule has 162 valence electrons. The van der Waals surface area contributed by atoms with E-state index in [1.54, 1.807) is 0 Å². The molecule has 2 aromatic carbocycles. The van der Waals surface area contributed by atoms with Gasteiger partial charge in [-0.25, -0.2) is 4.68 Å². The van der Waals surface area contributed by atoms with Gasteiger partial charge in [-0.1, -0.05) is 77.3 Å². The van der Waals surface area contributed by atoms with Gasteiger partial charge in [-0.3, -0.25) is 0 Å². The second kappa shape index (κ2) is 12.4. The number of rotatable bonds is 14. The molecule has 0 radical (unpaired) electrons. The SMILES string of the molecule is CCCCCCCCc1ccc(-n2cc3cc(OCCCCCC)ccc3n2)cc1. The Bertz CT molecular complexity index is 866. The van der Waals surface area contributed by atoms with E-state index in [9.17, 15) is 0 Å². The summed E-state index contributed by atoms with van der Waals surface area (Å²) in [7, 11) is 0. The van der Waals surface area contributed by atoms with Crippen LogP contribution < -0.4 is 4.74 Å². The van der Waals surface area contributed by atoms with Gasteiger partial charge in [0, 0.05) is 11.6 Å². The van der Waals surface area contributed by atoms with Gasteiger partial charge in [0.05, 0.1) is 17.8 Å². The summed E-state index contributed by atoms with van der Waals surface area (Å²) < 4.78 is 7.90. The molecule has 0 aliphatic carbocycles. The van der Waals surface area contributed by atoms with Crippen LogP contribution in [0.3, 0.4) is 0 Å². The Morgan fingerprint density at radius 1 is 0.767 bits per heavy atom. The molecule has 0 saturated carbocycles. The third kappa shape index (κ3) is 6.90.